The summed E-state index contributed by atoms with van der Waals surface area (Å²) >= 11 is 0. The zero-order valence-corrected chi connectivity index (χ0v) is 16.7. The Hall–Kier alpha value is -2.69. The lowest BCUT2D eigenvalue weighted by Gasteiger charge is -2.19. The van der Waals surface area contributed by atoms with Gasteiger partial charge in [-0.1, -0.05) is 51.1 Å². The highest BCUT2D eigenvalue weighted by atomic mass is 19.1. The Morgan fingerprint density at radius 3 is 2.46 bits per heavy atom. The number of hydrogen-bond acceptors (Lipinski definition) is 2. The third-order valence-corrected chi connectivity index (χ3v) is 5.21. The highest BCUT2D eigenvalue weighted by Gasteiger charge is 2.34. The van der Waals surface area contributed by atoms with Crippen LogP contribution in [0, 0.1) is 11.7 Å². The summed E-state index contributed by atoms with van der Waals surface area (Å²) in [6, 6.07) is 14.4. The number of carbonyl (C=O) groups excluding carboxylic acids is 2. The fraction of sp³-hybridized carbons (Fsp3) is 0.391. The number of rotatable bonds is 5. The quantitative estimate of drug-likeness (QED) is 0.844. The van der Waals surface area contributed by atoms with E-state index in [0.717, 1.165) is 5.69 Å². The van der Waals surface area contributed by atoms with Crippen molar-refractivity contribution in [1.29, 1.82) is 0 Å². The van der Waals surface area contributed by atoms with E-state index in [2.05, 4.69) is 26.1 Å². The number of anilines is 1. The summed E-state index contributed by atoms with van der Waals surface area (Å²) in [5.74, 6) is -0.845. The van der Waals surface area contributed by atoms with E-state index in [-0.39, 0.29) is 35.4 Å². The average molecular weight is 382 g/mol. The molecule has 28 heavy (non-hydrogen) atoms. The zero-order chi connectivity index (χ0) is 20.3. The molecule has 3 rings (SSSR count). The highest BCUT2D eigenvalue weighted by Crippen LogP contribution is 2.25. The van der Waals surface area contributed by atoms with Gasteiger partial charge < -0.3 is 10.2 Å². The molecule has 1 atom stereocenters. The van der Waals surface area contributed by atoms with E-state index in [0.29, 0.717) is 25.1 Å². The predicted molar refractivity (Wildman–Crippen MR) is 109 cm³/mol. The Labute approximate surface area is 165 Å². The summed E-state index contributed by atoms with van der Waals surface area (Å²) in [4.78, 5) is 26.5. The number of benzene rings is 2. The van der Waals surface area contributed by atoms with Crippen LogP contribution in [0.25, 0.3) is 0 Å². The Kier molecular flexibility index (Phi) is 5.82. The number of nitrogens with zero attached hydrogens (tertiary/aromatic N) is 1. The van der Waals surface area contributed by atoms with E-state index in [1.807, 2.05) is 24.3 Å². The van der Waals surface area contributed by atoms with E-state index in [1.165, 1.54) is 11.6 Å². The lowest BCUT2D eigenvalue weighted by atomic mass is 9.87. The van der Waals surface area contributed by atoms with Crippen molar-refractivity contribution in [2.45, 2.75) is 39.0 Å². The van der Waals surface area contributed by atoms with Crippen LogP contribution in [0.1, 0.15) is 38.3 Å². The lowest BCUT2D eigenvalue weighted by molar-refractivity contribution is -0.128. The van der Waals surface area contributed by atoms with Crippen molar-refractivity contribution in [1.82, 2.24) is 4.90 Å². The van der Waals surface area contributed by atoms with Crippen molar-refractivity contribution >= 4 is 17.5 Å². The predicted octanol–water partition coefficient (Wildman–Crippen LogP) is 4.15. The number of carbonyl (C=O) groups is 2. The molecule has 4 nitrogen and oxygen atoms in total. The van der Waals surface area contributed by atoms with Crippen molar-refractivity contribution in [2.75, 3.05) is 18.4 Å². The molecule has 1 aliphatic heterocycles. The smallest absolute Gasteiger partial charge is 0.229 e. The van der Waals surface area contributed by atoms with Crippen molar-refractivity contribution in [2.24, 2.45) is 5.92 Å². The zero-order valence-electron chi connectivity index (χ0n) is 16.7. The molecular formula is C23H27FN2O2. The molecule has 0 radical (unpaired) electrons. The Balaban J connectivity index is 1.55. The molecular weight excluding hydrogens is 355 g/mol. The van der Waals surface area contributed by atoms with Gasteiger partial charge in [0, 0.05) is 25.2 Å². The SMILES string of the molecule is CC(C)(C)c1ccc(NC(=O)C2CC(=O)N(CCc3ccccc3F)C2)cc1. The molecule has 0 bridgehead atoms. The van der Waals surface area contributed by atoms with Crippen molar-refractivity contribution in [3.05, 3.63) is 65.5 Å². The molecule has 1 fully saturated rings. The topological polar surface area (TPSA) is 49.4 Å². The molecule has 1 saturated heterocycles. The van der Waals surface area contributed by atoms with Crippen LogP contribution in [0.5, 0.6) is 0 Å². The summed E-state index contributed by atoms with van der Waals surface area (Å²) in [5, 5.41) is 2.91. The molecule has 2 aromatic carbocycles. The highest BCUT2D eigenvalue weighted by molar-refractivity contribution is 5.97. The molecule has 0 spiro atoms. The van der Waals surface area contributed by atoms with E-state index in [9.17, 15) is 14.0 Å². The molecule has 0 aliphatic carbocycles. The molecule has 1 unspecified atom stereocenters. The van der Waals surface area contributed by atoms with Gasteiger partial charge in [-0.2, -0.15) is 0 Å². The van der Waals surface area contributed by atoms with Gasteiger partial charge in [-0.05, 0) is 41.2 Å². The summed E-state index contributed by atoms with van der Waals surface area (Å²) in [6.07, 6.45) is 0.643. The minimum atomic E-state index is -0.379. The van der Waals surface area contributed by atoms with Gasteiger partial charge in [0.25, 0.3) is 0 Å². The summed E-state index contributed by atoms with van der Waals surface area (Å²) < 4.78 is 13.7. The van der Waals surface area contributed by atoms with Crippen LogP contribution in [-0.4, -0.2) is 29.8 Å². The van der Waals surface area contributed by atoms with Crippen LogP contribution < -0.4 is 5.32 Å². The minimum Gasteiger partial charge on any atom is -0.342 e. The molecule has 1 heterocycles. The maximum atomic E-state index is 13.7. The van der Waals surface area contributed by atoms with Crippen molar-refractivity contribution in [3.8, 4) is 0 Å². The van der Waals surface area contributed by atoms with E-state index >= 15 is 0 Å². The molecule has 1 N–H and O–H groups in total. The number of nitrogens with one attached hydrogen (secondary N) is 1. The largest absolute Gasteiger partial charge is 0.342 e. The van der Waals surface area contributed by atoms with Crippen LogP contribution in [0.4, 0.5) is 10.1 Å². The van der Waals surface area contributed by atoms with Crippen LogP contribution in [0.3, 0.4) is 0 Å². The molecule has 2 aromatic rings. The molecule has 0 aromatic heterocycles. The van der Waals surface area contributed by atoms with Crippen LogP contribution in [0.2, 0.25) is 0 Å². The first-order valence-electron chi connectivity index (χ1n) is 9.66. The molecule has 0 saturated carbocycles. The van der Waals surface area contributed by atoms with Crippen LogP contribution in [-0.2, 0) is 21.4 Å². The number of amides is 2. The average Bonchev–Trinajstić information content (AvgIpc) is 3.02. The van der Waals surface area contributed by atoms with Gasteiger partial charge >= 0.3 is 0 Å². The molecule has 1 aliphatic rings. The summed E-state index contributed by atoms with van der Waals surface area (Å²) in [6.45, 7) is 7.21. The molecule has 148 valence electrons. The first kappa shape index (κ1) is 20.1. The van der Waals surface area contributed by atoms with Crippen molar-refractivity contribution in [3.63, 3.8) is 0 Å². The Morgan fingerprint density at radius 2 is 1.82 bits per heavy atom. The van der Waals surface area contributed by atoms with Gasteiger partial charge in [-0.3, -0.25) is 9.59 Å². The molecule has 2 amide bonds. The van der Waals surface area contributed by atoms with Gasteiger partial charge in [0.05, 0.1) is 5.92 Å². The third-order valence-electron chi connectivity index (χ3n) is 5.21. The maximum Gasteiger partial charge on any atom is 0.229 e. The lowest BCUT2D eigenvalue weighted by Crippen LogP contribution is -2.30. The standard InChI is InChI=1S/C23H27FN2O2/c1-23(2,3)18-8-10-19(11-9-18)25-22(28)17-14-21(27)26(15-17)13-12-16-6-4-5-7-20(16)24/h4-11,17H,12-15H2,1-3H3,(H,25,28). The normalized spacial score (nSPS) is 17.1. The van der Waals surface area contributed by atoms with Crippen LogP contribution in [0.15, 0.2) is 48.5 Å². The first-order valence-corrected chi connectivity index (χ1v) is 9.66. The number of halogens is 1. The number of hydrogen-bond donors (Lipinski definition) is 1. The Bertz CT molecular complexity index is 856. The van der Waals surface area contributed by atoms with Crippen molar-refractivity contribution < 1.29 is 14.0 Å². The van der Waals surface area contributed by atoms with Crippen LogP contribution >= 0.6 is 0 Å². The first-order chi connectivity index (χ1) is 13.2. The third kappa shape index (κ3) is 4.77. The second kappa shape index (κ2) is 8.13. The van der Waals surface area contributed by atoms with E-state index < -0.39 is 0 Å². The second-order valence-corrected chi connectivity index (χ2v) is 8.40. The number of likely N-dealkylation sites (tertiary alicyclic amines) is 1. The van der Waals surface area contributed by atoms with Gasteiger partial charge in [0.2, 0.25) is 11.8 Å². The minimum absolute atomic E-state index is 0.0547. The summed E-state index contributed by atoms with van der Waals surface area (Å²) in [7, 11) is 0. The fourth-order valence-corrected chi connectivity index (χ4v) is 3.42. The van der Waals surface area contributed by atoms with Gasteiger partial charge in [-0.25, -0.2) is 4.39 Å². The molecule has 5 heteroatoms. The van der Waals surface area contributed by atoms with E-state index in [4.69, 9.17) is 0 Å². The van der Waals surface area contributed by atoms with Gasteiger partial charge in [0.1, 0.15) is 5.82 Å². The van der Waals surface area contributed by atoms with E-state index in [1.54, 1.807) is 23.1 Å². The van der Waals surface area contributed by atoms with Gasteiger partial charge in [0.15, 0.2) is 0 Å². The monoisotopic (exact) mass is 382 g/mol. The maximum absolute atomic E-state index is 13.7. The Morgan fingerprint density at radius 1 is 1.14 bits per heavy atom. The fourth-order valence-electron chi connectivity index (χ4n) is 3.42. The summed E-state index contributed by atoms with van der Waals surface area (Å²) in [5.41, 5.74) is 2.57. The second-order valence-electron chi connectivity index (χ2n) is 8.40. The van der Waals surface area contributed by atoms with Gasteiger partial charge in [-0.15, -0.1) is 0 Å².